The summed E-state index contributed by atoms with van der Waals surface area (Å²) in [6.45, 7) is 5.67. The van der Waals surface area contributed by atoms with Crippen LogP contribution < -0.4 is 5.32 Å². The molecule has 0 bridgehead atoms. The third-order valence-corrected chi connectivity index (χ3v) is 4.15. The summed E-state index contributed by atoms with van der Waals surface area (Å²) in [5, 5.41) is 2.82. The fraction of sp³-hybridized carbons (Fsp3) is 0.318. The van der Waals surface area contributed by atoms with Crippen LogP contribution in [0.15, 0.2) is 48.5 Å². The van der Waals surface area contributed by atoms with E-state index in [9.17, 15) is 14.4 Å². The van der Waals surface area contributed by atoms with Gasteiger partial charge >= 0.3 is 11.9 Å². The van der Waals surface area contributed by atoms with Gasteiger partial charge in [0.1, 0.15) is 0 Å². The van der Waals surface area contributed by atoms with Gasteiger partial charge in [0, 0.05) is 17.7 Å². The van der Waals surface area contributed by atoms with Crippen molar-refractivity contribution in [3.05, 3.63) is 65.2 Å². The second-order valence-corrected chi connectivity index (χ2v) is 6.35. The zero-order chi connectivity index (χ0) is 20.5. The van der Waals surface area contributed by atoms with Crippen molar-refractivity contribution in [2.45, 2.75) is 39.7 Å². The van der Waals surface area contributed by atoms with Crippen LogP contribution in [0.1, 0.15) is 42.6 Å². The minimum atomic E-state index is -1.14. The minimum absolute atomic E-state index is 0.0447. The number of amides is 1. The summed E-state index contributed by atoms with van der Waals surface area (Å²) >= 11 is 0. The predicted molar refractivity (Wildman–Crippen MR) is 106 cm³/mol. The van der Waals surface area contributed by atoms with Crippen molar-refractivity contribution in [2.24, 2.45) is 0 Å². The SMILES string of the molecule is CCOC(=O)[C@@H](OC(=O)CCC(=O)Nc1c(C)cccc1C)c1ccccc1. The zero-order valence-electron chi connectivity index (χ0n) is 16.4. The van der Waals surface area contributed by atoms with Crippen LogP contribution in [0.2, 0.25) is 0 Å². The maximum absolute atomic E-state index is 12.2. The van der Waals surface area contributed by atoms with Gasteiger partial charge in [-0.15, -0.1) is 0 Å². The van der Waals surface area contributed by atoms with Gasteiger partial charge in [0.15, 0.2) is 0 Å². The van der Waals surface area contributed by atoms with E-state index in [1.807, 2.05) is 32.0 Å². The average Bonchev–Trinajstić information content (AvgIpc) is 2.68. The van der Waals surface area contributed by atoms with Gasteiger partial charge in [-0.3, -0.25) is 9.59 Å². The molecule has 6 nitrogen and oxygen atoms in total. The number of nitrogens with one attached hydrogen (secondary N) is 1. The van der Waals surface area contributed by atoms with Gasteiger partial charge in [0.25, 0.3) is 0 Å². The molecule has 148 valence electrons. The van der Waals surface area contributed by atoms with E-state index >= 15 is 0 Å². The van der Waals surface area contributed by atoms with Crippen molar-refractivity contribution in [2.75, 3.05) is 11.9 Å². The molecule has 6 heteroatoms. The maximum atomic E-state index is 12.2. The van der Waals surface area contributed by atoms with Crippen LogP contribution in [0.25, 0.3) is 0 Å². The van der Waals surface area contributed by atoms with Crippen LogP contribution in [0.3, 0.4) is 0 Å². The summed E-state index contributed by atoms with van der Waals surface area (Å²) in [4.78, 5) is 36.6. The molecule has 0 aliphatic carbocycles. The number of aryl methyl sites for hydroxylation is 2. The molecular formula is C22H25NO5. The molecule has 0 aromatic heterocycles. The Kier molecular flexibility index (Phi) is 7.75. The first kappa shape index (κ1) is 21.2. The minimum Gasteiger partial charge on any atom is -0.463 e. The fourth-order valence-electron chi connectivity index (χ4n) is 2.72. The van der Waals surface area contributed by atoms with Crippen molar-refractivity contribution in [1.29, 1.82) is 0 Å². The summed E-state index contributed by atoms with van der Waals surface area (Å²) in [6.07, 6.45) is -1.33. The molecule has 1 N–H and O–H groups in total. The van der Waals surface area contributed by atoms with Gasteiger partial charge in [-0.1, -0.05) is 48.5 Å². The first-order chi connectivity index (χ1) is 13.4. The van der Waals surface area contributed by atoms with Crippen molar-refractivity contribution >= 4 is 23.5 Å². The monoisotopic (exact) mass is 383 g/mol. The largest absolute Gasteiger partial charge is 0.463 e. The Labute approximate surface area is 164 Å². The Morgan fingerprint density at radius 3 is 2.18 bits per heavy atom. The van der Waals surface area contributed by atoms with Gasteiger partial charge < -0.3 is 14.8 Å². The zero-order valence-corrected chi connectivity index (χ0v) is 16.4. The quantitative estimate of drug-likeness (QED) is 0.700. The summed E-state index contributed by atoms with van der Waals surface area (Å²) in [5.74, 6) is -1.57. The topological polar surface area (TPSA) is 81.7 Å². The normalized spacial score (nSPS) is 11.4. The maximum Gasteiger partial charge on any atom is 0.352 e. The molecule has 28 heavy (non-hydrogen) atoms. The molecule has 0 saturated carbocycles. The third kappa shape index (κ3) is 5.94. The van der Waals surface area contributed by atoms with Crippen LogP contribution >= 0.6 is 0 Å². The van der Waals surface area contributed by atoms with E-state index in [1.165, 1.54) is 0 Å². The van der Waals surface area contributed by atoms with Gasteiger partial charge in [0.05, 0.1) is 13.0 Å². The van der Waals surface area contributed by atoms with E-state index in [4.69, 9.17) is 9.47 Å². The molecule has 0 unspecified atom stereocenters. The van der Waals surface area contributed by atoms with Crippen molar-refractivity contribution in [3.8, 4) is 0 Å². The summed E-state index contributed by atoms with van der Waals surface area (Å²) in [6, 6.07) is 14.4. The van der Waals surface area contributed by atoms with E-state index in [0.717, 1.165) is 16.8 Å². The first-order valence-corrected chi connectivity index (χ1v) is 9.19. The fourth-order valence-corrected chi connectivity index (χ4v) is 2.72. The van der Waals surface area contributed by atoms with E-state index in [-0.39, 0.29) is 25.4 Å². The molecule has 0 heterocycles. The Morgan fingerprint density at radius 1 is 0.929 bits per heavy atom. The molecule has 0 radical (unpaired) electrons. The van der Waals surface area contributed by atoms with Crippen LogP contribution in [0.5, 0.6) is 0 Å². The molecule has 0 aliphatic heterocycles. The highest BCUT2D eigenvalue weighted by molar-refractivity contribution is 5.94. The Morgan fingerprint density at radius 2 is 1.57 bits per heavy atom. The van der Waals surface area contributed by atoms with Crippen LogP contribution in [-0.4, -0.2) is 24.5 Å². The Hall–Kier alpha value is -3.15. The van der Waals surface area contributed by atoms with Crippen molar-refractivity contribution < 1.29 is 23.9 Å². The second kappa shape index (κ2) is 10.3. The number of hydrogen-bond acceptors (Lipinski definition) is 5. The third-order valence-electron chi connectivity index (χ3n) is 4.15. The van der Waals surface area contributed by atoms with E-state index in [1.54, 1.807) is 37.3 Å². The molecule has 1 atom stereocenters. The summed E-state index contributed by atoms with van der Waals surface area (Å²) in [7, 11) is 0. The number of benzene rings is 2. The van der Waals surface area contributed by atoms with Crippen LogP contribution in [-0.2, 0) is 23.9 Å². The number of esters is 2. The number of hydrogen-bond donors (Lipinski definition) is 1. The highest BCUT2D eigenvalue weighted by Crippen LogP contribution is 2.21. The average molecular weight is 383 g/mol. The van der Waals surface area contributed by atoms with E-state index in [2.05, 4.69) is 5.32 Å². The highest BCUT2D eigenvalue weighted by Gasteiger charge is 2.26. The lowest BCUT2D eigenvalue weighted by atomic mass is 10.1. The molecule has 0 fully saturated rings. The van der Waals surface area contributed by atoms with Crippen LogP contribution in [0, 0.1) is 13.8 Å². The molecule has 2 rings (SSSR count). The van der Waals surface area contributed by atoms with Gasteiger partial charge in [-0.05, 0) is 31.9 Å². The number of carbonyl (C=O) groups excluding carboxylic acids is 3. The van der Waals surface area contributed by atoms with Crippen molar-refractivity contribution in [3.63, 3.8) is 0 Å². The van der Waals surface area contributed by atoms with Gasteiger partial charge in [0.2, 0.25) is 12.0 Å². The second-order valence-electron chi connectivity index (χ2n) is 6.35. The lowest BCUT2D eigenvalue weighted by molar-refractivity contribution is -0.168. The predicted octanol–water partition coefficient (Wildman–Crippen LogP) is 3.87. The number of rotatable bonds is 8. The molecular weight excluding hydrogens is 358 g/mol. The number of carbonyl (C=O) groups is 3. The van der Waals surface area contributed by atoms with E-state index < -0.39 is 18.0 Å². The number of anilines is 1. The first-order valence-electron chi connectivity index (χ1n) is 9.19. The van der Waals surface area contributed by atoms with Crippen molar-refractivity contribution in [1.82, 2.24) is 0 Å². The highest BCUT2D eigenvalue weighted by atomic mass is 16.6. The molecule has 2 aromatic carbocycles. The smallest absolute Gasteiger partial charge is 0.352 e. The van der Waals surface area contributed by atoms with Gasteiger partial charge in [-0.25, -0.2) is 4.79 Å². The Balaban J connectivity index is 1.95. The van der Waals surface area contributed by atoms with E-state index in [0.29, 0.717) is 5.56 Å². The van der Waals surface area contributed by atoms with Crippen LogP contribution in [0.4, 0.5) is 5.69 Å². The number of ether oxygens (including phenoxy) is 2. The summed E-state index contributed by atoms with van der Waals surface area (Å²) < 4.78 is 10.3. The van der Waals surface area contributed by atoms with Gasteiger partial charge in [-0.2, -0.15) is 0 Å². The molecule has 0 saturated heterocycles. The number of para-hydroxylation sites is 1. The Bertz CT molecular complexity index is 812. The molecule has 0 aliphatic rings. The standard InChI is InChI=1S/C22H25NO5/c1-4-27-22(26)21(17-11-6-5-7-12-17)28-19(25)14-13-18(24)23-20-15(2)9-8-10-16(20)3/h5-12,21H,4,13-14H2,1-3H3,(H,23,24)/t21-/m0/s1. The molecule has 1 amide bonds. The molecule has 0 spiro atoms. The lowest BCUT2D eigenvalue weighted by Crippen LogP contribution is -2.23. The lowest BCUT2D eigenvalue weighted by Gasteiger charge is -2.17. The summed E-state index contributed by atoms with van der Waals surface area (Å²) in [5.41, 5.74) is 3.16. The molecule has 2 aromatic rings.